The van der Waals surface area contributed by atoms with E-state index in [9.17, 15) is 9.59 Å². The fourth-order valence-corrected chi connectivity index (χ4v) is 3.11. The minimum atomic E-state index is -0.206. The van der Waals surface area contributed by atoms with Gasteiger partial charge in [0.2, 0.25) is 12.7 Å². The maximum Gasteiger partial charge on any atom is 0.258 e. The molecule has 2 heterocycles. The number of carbonyl (C=O) groups excluding carboxylic acids is 1. The van der Waals surface area contributed by atoms with Gasteiger partial charge in [-0.05, 0) is 29.8 Å². The Kier molecular flexibility index (Phi) is 4.50. The van der Waals surface area contributed by atoms with E-state index >= 15 is 0 Å². The Labute approximate surface area is 155 Å². The zero-order chi connectivity index (χ0) is 18.8. The fraction of sp³-hybridized carbons (Fsp3) is 0.250. The lowest BCUT2D eigenvalue weighted by Gasteiger charge is -2.22. The normalized spacial score (nSPS) is 12.3. The van der Waals surface area contributed by atoms with E-state index in [1.54, 1.807) is 23.1 Å². The lowest BCUT2D eigenvalue weighted by molar-refractivity contribution is -0.132. The number of nitrogens with one attached hydrogen (secondary N) is 1. The third-order valence-corrected chi connectivity index (χ3v) is 4.47. The van der Waals surface area contributed by atoms with E-state index in [2.05, 4.69) is 9.97 Å². The summed E-state index contributed by atoms with van der Waals surface area (Å²) in [6.07, 6.45) is 0.363. The summed E-state index contributed by atoms with van der Waals surface area (Å²) in [7, 11) is 0. The Morgan fingerprint density at radius 3 is 2.81 bits per heavy atom. The number of hydrogen-bond donors (Lipinski definition) is 1. The smallest absolute Gasteiger partial charge is 0.258 e. The molecule has 7 heteroatoms. The first-order valence-electron chi connectivity index (χ1n) is 8.78. The molecule has 0 atom stereocenters. The van der Waals surface area contributed by atoms with Crippen LogP contribution in [-0.4, -0.2) is 27.6 Å². The number of ether oxygens (including phenoxy) is 2. The average Bonchev–Trinajstić information content (AvgIpc) is 3.15. The minimum Gasteiger partial charge on any atom is -0.454 e. The minimum absolute atomic E-state index is 0.0246. The van der Waals surface area contributed by atoms with Gasteiger partial charge in [0.25, 0.3) is 5.56 Å². The summed E-state index contributed by atoms with van der Waals surface area (Å²) < 4.78 is 10.7. The highest BCUT2D eigenvalue weighted by Crippen LogP contribution is 2.32. The third kappa shape index (κ3) is 3.48. The average molecular weight is 365 g/mol. The van der Waals surface area contributed by atoms with Crippen molar-refractivity contribution in [3.63, 3.8) is 0 Å². The molecular weight excluding hydrogens is 346 g/mol. The SMILES string of the molecule is CCC(=O)N(Cc1ccc2c(c1)OCO2)Cc1nc2ccccc2c(=O)[nH]1. The molecule has 1 N–H and O–H groups in total. The van der Waals surface area contributed by atoms with Gasteiger partial charge < -0.3 is 19.4 Å². The molecule has 0 fully saturated rings. The molecule has 2 aromatic carbocycles. The van der Waals surface area contributed by atoms with Crippen molar-refractivity contribution in [2.24, 2.45) is 0 Å². The monoisotopic (exact) mass is 365 g/mol. The molecule has 0 saturated heterocycles. The first-order valence-corrected chi connectivity index (χ1v) is 8.78. The van der Waals surface area contributed by atoms with Crippen molar-refractivity contribution in [3.8, 4) is 11.5 Å². The Morgan fingerprint density at radius 1 is 1.15 bits per heavy atom. The Bertz CT molecular complexity index is 1060. The third-order valence-electron chi connectivity index (χ3n) is 4.47. The van der Waals surface area contributed by atoms with E-state index < -0.39 is 0 Å². The van der Waals surface area contributed by atoms with Crippen molar-refractivity contribution < 1.29 is 14.3 Å². The molecule has 27 heavy (non-hydrogen) atoms. The van der Waals surface area contributed by atoms with Crippen LogP contribution in [-0.2, 0) is 17.9 Å². The summed E-state index contributed by atoms with van der Waals surface area (Å²) in [4.78, 5) is 33.7. The number of amides is 1. The Balaban J connectivity index is 1.61. The summed E-state index contributed by atoms with van der Waals surface area (Å²) in [5.41, 5.74) is 1.33. The van der Waals surface area contributed by atoms with Gasteiger partial charge in [0, 0.05) is 13.0 Å². The van der Waals surface area contributed by atoms with Gasteiger partial charge >= 0.3 is 0 Å². The second-order valence-electron chi connectivity index (χ2n) is 6.32. The van der Waals surface area contributed by atoms with E-state index in [0.29, 0.717) is 41.2 Å². The summed E-state index contributed by atoms with van der Waals surface area (Å²) >= 11 is 0. The van der Waals surface area contributed by atoms with E-state index in [1.807, 2.05) is 31.2 Å². The Morgan fingerprint density at radius 2 is 1.96 bits per heavy atom. The molecule has 3 aromatic rings. The molecule has 0 unspecified atom stereocenters. The van der Waals surface area contributed by atoms with Crippen LogP contribution in [0, 0.1) is 0 Å². The number of rotatable bonds is 5. The van der Waals surface area contributed by atoms with Gasteiger partial charge in [-0.25, -0.2) is 4.98 Å². The highest BCUT2D eigenvalue weighted by Gasteiger charge is 2.18. The molecule has 1 aromatic heterocycles. The highest BCUT2D eigenvalue weighted by molar-refractivity contribution is 5.77. The van der Waals surface area contributed by atoms with Crippen LogP contribution < -0.4 is 15.0 Å². The van der Waals surface area contributed by atoms with Crippen LogP contribution in [0.15, 0.2) is 47.3 Å². The number of carbonyl (C=O) groups is 1. The predicted octanol–water partition coefficient (Wildman–Crippen LogP) is 2.59. The predicted molar refractivity (Wildman–Crippen MR) is 99.5 cm³/mol. The van der Waals surface area contributed by atoms with Crippen molar-refractivity contribution in [1.82, 2.24) is 14.9 Å². The molecule has 0 saturated carbocycles. The van der Waals surface area contributed by atoms with Crippen LogP contribution in [0.25, 0.3) is 10.9 Å². The van der Waals surface area contributed by atoms with Gasteiger partial charge in [-0.2, -0.15) is 0 Å². The number of aromatic nitrogens is 2. The zero-order valence-electron chi connectivity index (χ0n) is 14.9. The maximum atomic E-state index is 12.5. The lowest BCUT2D eigenvalue weighted by atomic mass is 10.1. The quantitative estimate of drug-likeness (QED) is 0.751. The standard InChI is InChI=1S/C20H19N3O4/c1-2-19(24)23(10-13-7-8-16-17(9-13)27-12-26-16)11-18-21-15-6-4-3-5-14(15)20(25)22-18/h3-9H,2,10-12H2,1H3,(H,21,22,25). The summed E-state index contributed by atoms with van der Waals surface area (Å²) in [6, 6.07) is 12.8. The van der Waals surface area contributed by atoms with Crippen molar-refractivity contribution in [3.05, 3.63) is 64.2 Å². The molecule has 0 bridgehead atoms. The van der Waals surface area contributed by atoms with Gasteiger partial charge in [0.15, 0.2) is 11.5 Å². The number of nitrogens with zero attached hydrogens (tertiary/aromatic N) is 2. The van der Waals surface area contributed by atoms with Crippen LogP contribution in [0.5, 0.6) is 11.5 Å². The first kappa shape index (κ1) is 17.1. The molecule has 138 valence electrons. The van der Waals surface area contributed by atoms with E-state index in [4.69, 9.17) is 9.47 Å². The number of benzene rings is 2. The highest BCUT2D eigenvalue weighted by atomic mass is 16.7. The molecule has 1 aliphatic rings. The lowest BCUT2D eigenvalue weighted by Crippen LogP contribution is -2.31. The molecule has 1 amide bonds. The van der Waals surface area contributed by atoms with E-state index in [1.165, 1.54) is 0 Å². The van der Waals surface area contributed by atoms with Crippen LogP contribution in [0.4, 0.5) is 0 Å². The second-order valence-corrected chi connectivity index (χ2v) is 6.32. The molecule has 4 rings (SSSR count). The molecule has 0 spiro atoms. The summed E-state index contributed by atoms with van der Waals surface area (Å²) in [5, 5.41) is 0.533. The van der Waals surface area contributed by atoms with Crippen molar-refractivity contribution in [1.29, 1.82) is 0 Å². The molecule has 1 aliphatic heterocycles. The van der Waals surface area contributed by atoms with E-state index in [-0.39, 0.29) is 24.8 Å². The van der Waals surface area contributed by atoms with Crippen LogP contribution in [0.3, 0.4) is 0 Å². The van der Waals surface area contributed by atoms with Crippen LogP contribution in [0.1, 0.15) is 24.7 Å². The number of hydrogen-bond acceptors (Lipinski definition) is 5. The summed E-state index contributed by atoms with van der Waals surface area (Å²) in [5.74, 6) is 1.81. The van der Waals surface area contributed by atoms with Gasteiger partial charge in [0.1, 0.15) is 5.82 Å². The van der Waals surface area contributed by atoms with Gasteiger partial charge in [-0.1, -0.05) is 25.1 Å². The first-order chi connectivity index (χ1) is 13.1. The molecule has 0 radical (unpaired) electrons. The number of fused-ring (bicyclic) bond motifs is 2. The van der Waals surface area contributed by atoms with Gasteiger partial charge in [0.05, 0.1) is 17.4 Å². The topological polar surface area (TPSA) is 84.5 Å². The van der Waals surface area contributed by atoms with Gasteiger partial charge in [-0.15, -0.1) is 0 Å². The van der Waals surface area contributed by atoms with Crippen LogP contribution >= 0.6 is 0 Å². The van der Waals surface area contributed by atoms with Gasteiger partial charge in [-0.3, -0.25) is 9.59 Å². The Hall–Kier alpha value is -3.35. The number of para-hydroxylation sites is 1. The van der Waals surface area contributed by atoms with Crippen molar-refractivity contribution >= 4 is 16.8 Å². The fourth-order valence-electron chi connectivity index (χ4n) is 3.11. The number of aromatic amines is 1. The summed E-state index contributed by atoms with van der Waals surface area (Å²) in [6.45, 7) is 2.63. The zero-order valence-corrected chi connectivity index (χ0v) is 14.9. The molecule has 7 nitrogen and oxygen atoms in total. The van der Waals surface area contributed by atoms with E-state index in [0.717, 1.165) is 5.56 Å². The largest absolute Gasteiger partial charge is 0.454 e. The second kappa shape index (κ2) is 7.11. The van der Waals surface area contributed by atoms with Crippen molar-refractivity contribution in [2.75, 3.05) is 6.79 Å². The molecule has 0 aliphatic carbocycles. The maximum absolute atomic E-state index is 12.5. The van der Waals surface area contributed by atoms with Crippen LogP contribution in [0.2, 0.25) is 0 Å². The number of H-pyrrole nitrogens is 1. The van der Waals surface area contributed by atoms with Crippen molar-refractivity contribution in [2.45, 2.75) is 26.4 Å². The molecular formula is C20H19N3O4.